The SMILES string of the molecule is C[C@@H](C1CC1)N(Cc1ccccc1)C(=O)CN1CC2(CCC3C(=O)C(OCc4cn[nH]n4)=CC=C32)OC1=O. The standard InChI is InChI=1S/C28H31N5O5/c1-18(20-7-8-20)33(14-19-5-3-2-4-6-19)25(34)15-32-17-28(38-27(32)36)12-11-22-23(28)9-10-24(26(22)35)37-16-21-13-29-31-30-21/h2-6,9-10,13,18,20,22H,7-8,11-12,14-17H2,1H3,(H,29,30,31)/t18-,22?,28?/m0/s1. The fraction of sp³-hybridized carbons (Fsp3) is 0.464. The molecule has 1 aromatic heterocycles. The summed E-state index contributed by atoms with van der Waals surface area (Å²) in [5, 5.41) is 10.2. The lowest BCUT2D eigenvalue weighted by atomic mass is 9.86. The zero-order valence-electron chi connectivity index (χ0n) is 21.3. The van der Waals surface area contributed by atoms with Crippen LogP contribution in [0.3, 0.4) is 0 Å². The number of nitrogens with zero attached hydrogens (tertiary/aromatic N) is 4. The summed E-state index contributed by atoms with van der Waals surface area (Å²) in [7, 11) is 0. The molecule has 1 spiro atoms. The van der Waals surface area contributed by atoms with Crippen LogP contribution in [0.4, 0.5) is 4.79 Å². The lowest BCUT2D eigenvalue weighted by molar-refractivity contribution is -0.135. The van der Waals surface area contributed by atoms with E-state index in [4.69, 9.17) is 9.47 Å². The third kappa shape index (κ3) is 4.59. The molecule has 3 atom stereocenters. The van der Waals surface area contributed by atoms with Gasteiger partial charge in [0.25, 0.3) is 0 Å². The molecule has 4 aliphatic rings. The lowest BCUT2D eigenvalue weighted by Gasteiger charge is -2.31. The van der Waals surface area contributed by atoms with Crippen LogP contribution in [0.25, 0.3) is 0 Å². The summed E-state index contributed by atoms with van der Waals surface area (Å²) < 4.78 is 11.6. The van der Waals surface area contributed by atoms with Gasteiger partial charge in [-0.15, -0.1) is 0 Å². The number of ketones is 1. The van der Waals surface area contributed by atoms with E-state index in [1.54, 1.807) is 12.3 Å². The van der Waals surface area contributed by atoms with Crippen molar-refractivity contribution in [1.29, 1.82) is 0 Å². The number of hydrogen-bond donors (Lipinski definition) is 1. The topological polar surface area (TPSA) is 118 Å². The van der Waals surface area contributed by atoms with Gasteiger partial charge in [-0.1, -0.05) is 36.4 Å². The number of carbonyl (C=O) groups excluding carboxylic acids is 3. The predicted octanol–water partition coefficient (Wildman–Crippen LogP) is 3.14. The highest BCUT2D eigenvalue weighted by Gasteiger charge is 2.56. The molecule has 3 fully saturated rings. The van der Waals surface area contributed by atoms with Crippen molar-refractivity contribution in [2.45, 2.75) is 57.4 Å². The molecule has 198 valence electrons. The fourth-order valence-corrected chi connectivity index (χ4v) is 5.88. The second-order valence-electron chi connectivity index (χ2n) is 10.7. The Balaban J connectivity index is 1.15. The van der Waals surface area contributed by atoms with Crippen LogP contribution in [-0.4, -0.2) is 67.7 Å². The Morgan fingerprint density at radius 3 is 2.79 bits per heavy atom. The van der Waals surface area contributed by atoms with Crippen molar-refractivity contribution in [2.24, 2.45) is 11.8 Å². The maximum atomic E-state index is 13.5. The molecule has 10 nitrogen and oxygen atoms in total. The smallest absolute Gasteiger partial charge is 0.411 e. The molecular formula is C28H31N5O5. The lowest BCUT2D eigenvalue weighted by Crippen LogP contribution is -2.46. The number of ether oxygens (including phenoxy) is 2. The van der Waals surface area contributed by atoms with E-state index >= 15 is 0 Å². The number of aromatic amines is 1. The number of Topliss-reactive ketones (excluding diaryl/α,β-unsaturated/α-hetero) is 1. The first-order valence-electron chi connectivity index (χ1n) is 13.2. The Kier molecular flexibility index (Phi) is 6.25. The van der Waals surface area contributed by atoms with E-state index in [2.05, 4.69) is 22.3 Å². The van der Waals surface area contributed by atoms with Gasteiger partial charge in [0, 0.05) is 12.6 Å². The number of allylic oxidation sites excluding steroid dienone is 3. The summed E-state index contributed by atoms with van der Waals surface area (Å²) in [6, 6.07) is 10.0. The molecule has 6 rings (SSSR count). The molecule has 1 N–H and O–H groups in total. The summed E-state index contributed by atoms with van der Waals surface area (Å²) in [6.45, 7) is 2.95. The van der Waals surface area contributed by atoms with Gasteiger partial charge in [-0.2, -0.15) is 15.4 Å². The molecule has 3 aliphatic carbocycles. The van der Waals surface area contributed by atoms with Gasteiger partial charge in [-0.05, 0) is 55.7 Å². The highest BCUT2D eigenvalue weighted by Crippen LogP contribution is 2.48. The summed E-state index contributed by atoms with van der Waals surface area (Å²) in [5.74, 6) is 0.150. The maximum absolute atomic E-state index is 13.5. The first kappa shape index (κ1) is 24.4. The van der Waals surface area contributed by atoms with Gasteiger partial charge in [0.05, 0.1) is 18.7 Å². The molecule has 2 heterocycles. The molecule has 0 bridgehead atoms. The minimum atomic E-state index is -0.891. The second-order valence-corrected chi connectivity index (χ2v) is 10.7. The van der Waals surface area contributed by atoms with E-state index in [1.807, 2.05) is 41.3 Å². The van der Waals surface area contributed by atoms with E-state index in [1.165, 1.54) is 4.90 Å². The van der Waals surface area contributed by atoms with E-state index in [0.717, 1.165) is 24.0 Å². The third-order valence-corrected chi connectivity index (χ3v) is 8.18. The summed E-state index contributed by atoms with van der Waals surface area (Å²) >= 11 is 0. The molecule has 2 amide bonds. The normalized spacial score (nSPS) is 25.1. The summed E-state index contributed by atoms with van der Waals surface area (Å²) in [6.07, 6.45) is 7.84. The Bertz CT molecular complexity index is 1290. The Morgan fingerprint density at radius 2 is 2.05 bits per heavy atom. The van der Waals surface area contributed by atoms with E-state index in [9.17, 15) is 14.4 Å². The number of H-pyrrole nitrogens is 1. The highest BCUT2D eigenvalue weighted by molar-refractivity contribution is 6.00. The molecule has 0 radical (unpaired) electrons. The molecule has 2 saturated carbocycles. The largest absolute Gasteiger partial charge is 0.483 e. The van der Waals surface area contributed by atoms with Crippen LogP contribution in [0.1, 0.15) is 43.9 Å². The second kappa shape index (κ2) is 9.74. The van der Waals surface area contributed by atoms with Gasteiger partial charge in [0.2, 0.25) is 11.7 Å². The van der Waals surface area contributed by atoms with Crippen molar-refractivity contribution in [3.05, 3.63) is 71.3 Å². The van der Waals surface area contributed by atoms with Gasteiger partial charge in [0.15, 0.2) is 11.4 Å². The van der Waals surface area contributed by atoms with Crippen LogP contribution in [-0.2, 0) is 32.2 Å². The molecule has 10 heteroatoms. The van der Waals surface area contributed by atoms with Gasteiger partial charge in [0.1, 0.15) is 18.8 Å². The third-order valence-electron chi connectivity index (χ3n) is 8.18. The first-order chi connectivity index (χ1) is 18.4. The molecule has 1 saturated heterocycles. The van der Waals surface area contributed by atoms with Crippen molar-refractivity contribution in [2.75, 3.05) is 13.1 Å². The van der Waals surface area contributed by atoms with Gasteiger partial charge in [-0.25, -0.2) is 4.79 Å². The fourth-order valence-electron chi connectivity index (χ4n) is 5.88. The number of carbonyl (C=O) groups is 3. The van der Waals surface area contributed by atoms with Crippen LogP contribution >= 0.6 is 0 Å². The van der Waals surface area contributed by atoms with Crippen LogP contribution in [0.2, 0.25) is 0 Å². The van der Waals surface area contributed by atoms with Crippen molar-refractivity contribution in [1.82, 2.24) is 25.2 Å². The highest BCUT2D eigenvalue weighted by atomic mass is 16.6. The Hall–Kier alpha value is -3.95. The number of fused-ring (bicyclic) bond motifs is 2. The average molecular weight is 518 g/mol. The Morgan fingerprint density at radius 1 is 1.24 bits per heavy atom. The van der Waals surface area contributed by atoms with E-state index < -0.39 is 17.6 Å². The summed E-state index contributed by atoms with van der Waals surface area (Å²) in [4.78, 5) is 43.1. The van der Waals surface area contributed by atoms with Crippen LogP contribution in [0.15, 0.2) is 60.0 Å². The van der Waals surface area contributed by atoms with Crippen LogP contribution in [0.5, 0.6) is 0 Å². The first-order valence-corrected chi connectivity index (χ1v) is 13.2. The van der Waals surface area contributed by atoms with Gasteiger partial charge in [-0.3, -0.25) is 14.5 Å². The molecule has 1 aromatic carbocycles. The predicted molar refractivity (Wildman–Crippen MR) is 135 cm³/mol. The monoisotopic (exact) mass is 517 g/mol. The number of aromatic nitrogens is 3. The number of hydrogen-bond acceptors (Lipinski definition) is 7. The van der Waals surface area contributed by atoms with Crippen LogP contribution < -0.4 is 0 Å². The number of benzene rings is 1. The summed E-state index contributed by atoms with van der Waals surface area (Å²) in [5.41, 5.74) is 1.55. The van der Waals surface area contributed by atoms with E-state index in [-0.39, 0.29) is 43.2 Å². The van der Waals surface area contributed by atoms with E-state index in [0.29, 0.717) is 31.0 Å². The van der Waals surface area contributed by atoms with Gasteiger partial charge >= 0.3 is 6.09 Å². The average Bonchev–Trinajstić information content (AvgIpc) is 3.39. The molecule has 1 aliphatic heterocycles. The van der Waals surface area contributed by atoms with Crippen molar-refractivity contribution >= 4 is 17.8 Å². The number of nitrogens with one attached hydrogen (secondary N) is 1. The zero-order chi connectivity index (χ0) is 26.3. The molecule has 2 aromatic rings. The van der Waals surface area contributed by atoms with Crippen molar-refractivity contribution in [3.63, 3.8) is 0 Å². The Labute approximate surface area is 220 Å². The van der Waals surface area contributed by atoms with Crippen molar-refractivity contribution in [3.8, 4) is 0 Å². The molecular weight excluding hydrogens is 486 g/mol. The molecule has 2 unspecified atom stereocenters. The minimum Gasteiger partial charge on any atom is -0.483 e. The molecule has 38 heavy (non-hydrogen) atoms. The maximum Gasteiger partial charge on any atom is 0.411 e. The number of amides is 2. The van der Waals surface area contributed by atoms with Crippen molar-refractivity contribution < 1.29 is 23.9 Å². The van der Waals surface area contributed by atoms with Crippen LogP contribution in [0, 0.1) is 11.8 Å². The zero-order valence-corrected chi connectivity index (χ0v) is 21.3. The minimum absolute atomic E-state index is 0.0434. The number of rotatable bonds is 9. The quantitative estimate of drug-likeness (QED) is 0.543. The van der Waals surface area contributed by atoms with Gasteiger partial charge < -0.3 is 14.4 Å².